The number of hydrogen-bond acceptors (Lipinski definition) is 4. The van der Waals surface area contributed by atoms with Crippen LogP contribution in [0.4, 0.5) is 0 Å². The maximum Gasteiger partial charge on any atom is 0.115 e. The lowest BCUT2D eigenvalue weighted by Crippen LogP contribution is -2.45. The molecular weight excluding hydrogens is 194 g/mol. The molecule has 0 bridgehead atoms. The smallest absolute Gasteiger partial charge is 0.115 e. The highest BCUT2D eigenvalue weighted by Crippen LogP contribution is 2.21. The van der Waals surface area contributed by atoms with E-state index >= 15 is 0 Å². The monoisotopic (exact) mass is 209 g/mol. The molecule has 1 aliphatic heterocycles. The predicted octanol–water partition coefficient (Wildman–Crippen LogP) is 0.414. The maximum atomic E-state index is 10.0. The Hall–Kier alpha value is -1.10. The fraction of sp³-hybridized carbons (Fsp3) is 0.455. The molecule has 3 N–H and O–H groups in total. The van der Waals surface area contributed by atoms with Crippen molar-refractivity contribution in [3.63, 3.8) is 0 Å². The molecule has 0 radical (unpaired) electrons. The normalized spacial score (nSPS) is 23.7. The van der Waals surface area contributed by atoms with Gasteiger partial charge in [0, 0.05) is 6.54 Å². The van der Waals surface area contributed by atoms with Crippen LogP contribution >= 0.6 is 0 Å². The first-order valence-electron chi connectivity index (χ1n) is 5.05. The van der Waals surface area contributed by atoms with Crippen LogP contribution < -0.4 is 5.32 Å². The number of rotatable bonds is 2. The van der Waals surface area contributed by atoms with Crippen molar-refractivity contribution in [1.29, 1.82) is 0 Å². The molecule has 0 spiro atoms. The van der Waals surface area contributed by atoms with Gasteiger partial charge in [-0.2, -0.15) is 0 Å². The highest BCUT2D eigenvalue weighted by atomic mass is 16.5. The van der Waals surface area contributed by atoms with Gasteiger partial charge in [-0.3, -0.25) is 0 Å². The molecule has 4 heteroatoms. The van der Waals surface area contributed by atoms with Crippen molar-refractivity contribution in [3.8, 4) is 5.75 Å². The lowest BCUT2D eigenvalue weighted by Gasteiger charge is -2.28. The van der Waals surface area contributed by atoms with Crippen molar-refractivity contribution < 1.29 is 14.9 Å². The quantitative estimate of drug-likeness (QED) is 0.660. The fourth-order valence-electron chi connectivity index (χ4n) is 1.73. The molecule has 1 saturated heterocycles. The zero-order chi connectivity index (χ0) is 10.7. The molecule has 1 aliphatic rings. The topological polar surface area (TPSA) is 61.7 Å². The summed E-state index contributed by atoms with van der Waals surface area (Å²) in [5.41, 5.74) is 0.706. The first-order valence-corrected chi connectivity index (χ1v) is 5.05. The van der Waals surface area contributed by atoms with Gasteiger partial charge in [-0.25, -0.2) is 0 Å². The molecule has 82 valence electrons. The molecule has 1 heterocycles. The van der Waals surface area contributed by atoms with Crippen LogP contribution in [0.15, 0.2) is 24.3 Å². The van der Waals surface area contributed by atoms with Crippen molar-refractivity contribution in [3.05, 3.63) is 29.8 Å². The second-order valence-corrected chi connectivity index (χ2v) is 3.68. The summed E-state index contributed by atoms with van der Waals surface area (Å²) in [7, 11) is 0. The number of benzene rings is 1. The minimum absolute atomic E-state index is 0.0967. The van der Waals surface area contributed by atoms with Crippen LogP contribution in [0.3, 0.4) is 0 Å². The molecule has 0 saturated carbocycles. The van der Waals surface area contributed by atoms with Gasteiger partial charge in [-0.05, 0) is 17.7 Å². The average molecular weight is 209 g/mol. The van der Waals surface area contributed by atoms with Gasteiger partial charge >= 0.3 is 0 Å². The summed E-state index contributed by atoms with van der Waals surface area (Å²) >= 11 is 0. The maximum absolute atomic E-state index is 10.0. The van der Waals surface area contributed by atoms with E-state index in [1.54, 1.807) is 24.3 Å². The molecule has 1 fully saturated rings. The largest absolute Gasteiger partial charge is 0.508 e. The standard InChI is InChI=1S/C11H15NO3/c13-9-3-1-2-8(6-9)11(14)10-7-15-5-4-12-10/h1-3,6,10-14H,4-5,7H2. The van der Waals surface area contributed by atoms with Crippen LogP contribution in [-0.2, 0) is 4.74 Å². The van der Waals surface area contributed by atoms with Gasteiger partial charge in [0.05, 0.1) is 25.4 Å². The van der Waals surface area contributed by atoms with E-state index in [2.05, 4.69) is 5.32 Å². The zero-order valence-corrected chi connectivity index (χ0v) is 8.39. The number of phenolic OH excluding ortho intramolecular Hbond substituents is 1. The van der Waals surface area contributed by atoms with Crippen LogP contribution in [0.1, 0.15) is 11.7 Å². The number of aliphatic hydroxyl groups is 1. The Kier molecular flexibility index (Phi) is 3.20. The van der Waals surface area contributed by atoms with Crippen molar-refractivity contribution in [2.24, 2.45) is 0 Å². The number of aliphatic hydroxyl groups excluding tert-OH is 1. The van der Waals surface area contributed by atoms with Gasteiger partial charge in [0.25, 0.3) is 0 Å². The summed E-state index contributed by atoms with van der Waals surface area (Å²) in [6, 6.07) is 6.57. The van der Waals surface area contributed by atoms with Gasteiger partial charge in [0.2, 0.25) is 0 Å². The van der Waals surface area contributed by atoms with E-state index in [4.69, 9.17) is 4.74 Å². The predicted molar refractivity (Wildman–Crippen MR) is 55.7 cm³/mol. The molecule has 0 aromatic heterocycles. The van der Waals surface area contributed by atoms with Crippen molar-refractivity contribution >= 4 is 0 Å². The number of phenols is 1. The molecule has 2 unspecified atom stereocenters. The Morgan fingerprint density at radius 1 is 1.47 bits per heavy atom. The zero-order valence-electron chi connectivity index (χ0n) is 8.39. The summed E-state index contributed by atoms with van der Waals surface area (Å²) in [4.78, 5) is 0. The van der Waals surface area contributed by atoms with Gasteiger partial charge < -0.3 is 20.3 Å². The van der Waals surface area contributed by atoms with Crippen LogP contribution in [0.2, 0.25) is 0 Å². The molecule has 4 nitrogen and oxygen atoms in total. The van der Waals surface area contributed by atoms with E-state index in [1.807, 2.05) is 0 Å². The minimum Gasteiger partial charge on any atom is -0.508 e. The lowest BCUT2D eigenvalue weighted by atomic mass is 10.0. The summed E-state index contributed by atoms with van der Waals surface area (Å²) in [5, 5.41) is 22.5. The Balaban J connectivity index is 2.08. The first-order chi connectivity index (χ1) is 7.27. The average Bonchev–Trinajstić information content (AvgIpc) is 2.29. The minimum atomic E-state index is -0.641. The highest BCUT2D eigenvalue weighted by Gasteiger charge is 2.23. The van der Waals surface area contributed by atoms with Crippen molar-refractivity contribution in [1.82, 2.24) is 5.32 Å². The number of aromatic hydroxyl groups is 1. The molecule has 2 atom stereocenters. The van der Waals surface area contributed by atoms with Crippen LogP contribution in [0, 0.1) is 0 Å². The fourth-order valence-corrected chi connectivity index (χ4v) is 1.73. The van der Waals surface area contributed by atoms with Gasteiger partial charge in [0.1, 0.15) is 5.75 Å². The molecule has 1 aromatic rings. The second-order valence-electron chi connectivity index (χ2n) is 3.68. The lowest BCUT2D eigenvalue weighted by molar-refractivity contribution is 0.0176. The number of hydrogen-bond donors (Lipinski definition) is 3. The van der Waals surface area contributed by atoms with Gasteiger partial charge in [0.15, 0.2) is 0 Å². The number of ether oxygens (including phenoxy) is 1. The third-order valence-electron chi connectivity index (χ3n) is 2.54. The third kappa shape index (κ3) is 2.47. The summed E-state index contributed by atoms with van der Waals surface area (Å²) in [6.07, 6.45) is -0.641. The van der Waals surface area contributed by atoms with Crippen molar-refractivity contribution in [2.45, 2.75) is 12.1 Å². The Morgan fingerprint density at radius 2 is 2.33 bits per heavy atom. The van der Waals surface area contributed by atoms with E-state index in [1.165, 1.54) is 0 Å². The number of morpholine rings is 1. The second kappa shape index (κ2) is 4.61. The van der Waals surface area contributed by atoms with Crippen molar-refractivity contribution in [2.75, 3.05) is 19.8 Å². The molecule has 1 aromatic carbocycles. The molecule has 15 heavy (non-hydrogen) atoms. The molecule has 0 aliphatic carbocycles. The van der Waals surface area contributed by atoms with Gasteiger partial charge in [-0.1, -0.05) is 12.1 Å². The Labute approximate surface area is 88.5 Å². The molecular formula is C11H15NO3. The van der Waals surface area contributed by atoms with E-state index in [9.17, 15) is 10.2 Å². The van der Waals surface area contributed by atoms with E-state index in [0.29, 0.717) is 18.8 Å². The highest BCUT2D eigenvalue weighted by molar-refractivity contribution is 5.29. The third-order valence-corrected chi connectivity index (χ3v) is 2.54. The summed E-state index contributed by atoms with van der Waals surface area (Å²) < 4.78 is 5.27. The molecule has 0 amide bonds. The van der Waals surface area contributed by atoms with E-state index < -0.39 is 6.10 Å². The van der Waals surface area contributed by atoms with E-state index in [-0.39, 0.29) is 11.8 Å². The number of nitrogens with one attached hydrogen (secondary N) is 1. The summed E-state index contributed by atoms with van der Waals surface area (Å²) in [6.45, 7) is 1.93. The SMILES string of the molecule is Oc1cccc(C(O)C2COCCN2)c1. The summed E-state index contributed by atoms with van der Waals surface area (Å²) in [5.74, 6) is 0.170. The van der Waals surface area contributed by atoms with Crippen LogP contribution in [0.5, 0.6) is 5.75 Å². The first kappa shape index (κ1) is 10.4. The molecule has 2 rings (SSSR count). The van der Waals surface area contributed by atoms with Gasteiger partial charge in [-0.15, -0.1) is 0 Å². The van der Waals surface area contributed by atoms with E-state index in [0.717, 1.165) is 6.54 Å². The van der Waals surface area contributed by atoms with Crippen LogP contribution in [0.25, 0.3) is 0 Å². The Bertz CT molecular complexity index is 323. The van der Waals surface area contributed by atoms with Crippen LogP contribution in [-0.4, -0.2) is 36.0 Å². The Morgan fingerprint density at radius 3 is 3.00 bits per heavy atom.